The molecule has 1 aromatic heterocycles. The average Bonchev–Trinajstić information content (AvgIpc) is 3.13. The van der Waals surface area contributed by atoms with E-state index in [9.17, 15) is 0 Å². The molecular weight excluding hydrogens is 196 g/mol. The minimum atomic E-state index is 0.590. The zero-order valence-corrected chi connectivity index (χ0v) is 10.3. The molecule has 1 heterocycles. The van der Waals surface area contributed by atoms with Crippen molar-refractivity contribution in [3.63, 3.8) is 0 Å². The fourth-order valence-corrected chi connectivity index (χ4v) is 2.40. The molecule has 0 saturated heterocycles. The van der Waals surface area contributed by atoms with Crippen LogP contribution >= 0.6 is 0 Å². The van der Waals surface area contributed by atoms with Crippen LogP contribution < -0.4 is 5.32 Å². The summed E-state index contributed by atoms with van der Waals surface area (Å²) >= 11 is 0. The van der Waals surface area contributed by atoms with Crippen molar-refractivity contribution in [1.29, 1.82) is 0 Å². The van der Waals surface area contributed by atoms with Crippen molar-refractivity contribution in [2.75, 3.05) is 6.54 Å². The Morgan fingerprint density at radius 3 is 2.81 bits per heavy atom. The van der Waals surface area contributed by atoms with Crippen molar-refractivity contribution >= 4 is 0 Å². The quantitative estimate of drug-likeness (QED) is 0.794. The van der Waals surface area contributed by atoms with Crippen LogP contribution in [0.1, 0.15) is 32.4 Å². The van der Waals surface area contributed by atoms with Gasteiger partial charge in [-0.3, -0.25) is 4.98 Å². The summed E-state index contributed by atoms with van der Waals surface area (Å²) in [5.74, 6) is 1.73. The van der Waals surface area contributed by atoms with Gasteiger partial charge in [-0.2, -0.15) is 0 Å². The van der Waals surface area contributed by atoms with Crippen molar-refractivity contribution in [3.8, 4) is 0 Å². The van der Waals surface area contributed by atoms with E-state index < -0.39 is 0 Å². The van der Waals surface area contributed by atoms with E-state index in [0.29, 0.717) is 6.04 Å². The van der Waals surface area contributed by atoms with Crippen LogP contribution in [-0.4, -0.2) is 17.6 Å². The fourth-order valence-electron chi connectivity index (χ4n) is 2.40. The number of nitrogens with zero attached hydrogens (tertiary/aromatic N) is 1. The van der Waals surface area contributed by atoms with Crippen LogP contribution in [0.3, 0.4) is 0 Å². The van der Waals surface area contributed by atoms with E-state index in [1.807, 2.05) is 12.3 Å². The normalized spacial score (nSPS) is 19.4. The molecule has 0 bridgehead atoms. The minimum absolute atomic E-state index is 0.590. The zero-order chi connectivity index (χ0) is 11.4. The topological polar surface area (TPSA) is 24.9 Å². The van der Waals surface area contributed by atoms with Gasteiger partial charge in [-0.05, 0) is 43.4 Å². The second-order valence-corrected chi connectivity index (χ2v) is 4.89. The standard InChI is InChI=1S/C14H22N2/c1-3-15-14(11(2)12-7-8-12)10-13-6-4-5-9-16-13/h4-6,9,11-12,14-15H,3,7-8,10H2,1-2H3. The minimum Gasteiger partial charge on any atom is -0.314 e. The van der Waals surface area contributed by atoms with Crippen LogP contribution in [0.2, 0.25) is 0 Å². The summed E-state index contributed by atoms with van der Waals surface area (Å²) in [6, 6.07) is 6.78. The number of aromatic nitrogens is 1. The molecule has 2 rings (SSSR count). The molecule has 2 heteroatoms. The molecular formula is C14H22N2. The lowest BCUT2D eigenvalue weighted by atomic mass is 9.92. The lowest BCUT2D eigenvalue weighted by molar-refractivity contribution is 0.342. The Morgan fingerprint density at radius 2 is 2.25 bits per heavy atom. The van der Waals surface area contributed by atoms with Crippen LogP contribution in [0, 0.1) is 11.8 Å². The van der Waals surface area contributed by atoms with Gasteiger partial charge in [-0.25, -0.2) is 0 Å². The van der Waals surface area contributed by atoms with E-state index in [1.54, 1.807) is 0 Å². The molecule has 0 aromatic carbocycles. The predicted molar refractivity (Wildman–Crippen MR) is 67.3 cm³/mol. The first-order chi connectivity index (χ1) is 7.81. The second kappa shape index (κ2) is 5.44. The van der Waals surface area contributed by atoms with Crippen LogP contribution in [0.25, 0.3) is 0 Å². The van der Waals surface area contributed by atoms with E-state index in [0.717, 1.165) is 24.8 Å². The zero-order valence-electron chi connectivity index (χ0n) is 10.3. The number of nitrogens with one attached hydrogen (secondary N) is 1. The van der Waals surface area contributed by atoms with Gasteiger partial charge in [0.05, 0.1) is 0 Å². The molecule has 0 amide bonds. The monoisotopic (exact) mass is 218 g/mol. The van der Waals surface area contributed by atoms with Crippen LogP contribution in [0.5, 0.6) is 0 Å². The Hall–Kier alpha value is -0.890. The molecule has 2 atom stereocenters. The Morgan fingerprint density at radius 1 is 1.44 bits per heavy atom. The first kappa shape index (κ1) is 11.6. The molecule has 1 saturated carbocycles. The highest BCUT2D eigenvalue weighted by Crippen LogP contribution is 2.38. The third kappa shape index (κ3) is 3.05. The van der Waals surface area contributed by atoms with Gasteiger partial charge in [-0.1, -0.05) is 19.9 Å². The number of hydrogen-bond acceptors (Lipinski definition) is 2. The lowest BCUT2D eigenvalue weighted by Gasteiger charge is -2.24. The third-order valence-electron chi connectivity index (χ3n) is 3.62. The third-order valence-corrected chi connectivity index (χ3v) is 3.62. The van der Waals surface area contributed by atoms with Crippen molar-refractivity contribution in [2.24, 2.45) is 11.8 Å². The summed E-state index contributed by atoms with van der Waals surface area (Å²) in [6.07, 6.45) is 5.79. The summed E-state index contributed by atoms with van der Waals surface area (Å²) in [5.41, 5.74) is 1.21. The van der Waals surface area contributed by atoms with Crippen molar-refractivity contribution in [2.45, 2.75) is 39.2 Å². The molecule has 88 valence electrons. The number of likely N-dealkylation sites (N-methyl/N-ethyl adjacent to an activating group) is 1. The van der Waals surface area contributed by atoms with Crippen molar-refractivity contribution in [1.82, 2.24) is 10.3 Å². The maximum Gasteiger partial charge on any atom is 0.0419 e. The van der Waals surface area contributed by atoms with Gasteiger partial charge in [0.25, 0.3) is 0 Å². The maximum absolute atomic E-state index is 4.42. The summed E-state index contributed by atoms with van der Waals surface area (Å²) < 4.78 is 0. The van der Waals surface area contributed by atoms with Gasteiger partial charge < -0.3 is 5.32 Å². The SMILES string of the molecule is CCNC(Cc1ccccn1)C(C)C1CC1. The van der Waals surface area contributed by atoms with Crippen molar-refractivity contribution < 1.29 is 0 Å². The van der Waals surface area contributed by atoms with E-state index >= 15 is 0 Å². The highest BCUT2D eigenvalue weighted by atomic mass is 14.9. The van der Waals surface area contributed by atoms with Gasteiger partial charge >= 0.3 is 0 Å². The maximum atomic E-state index is 4.42. The van der Waals surface area contributed by atoms with E-state index in [4.69, 9.17) is 0 Å². The van der Waals surface area contributed by atoms with Gasteiger partial charge in [0.15, 0.2) is 0 Å². The highest BCUT2D eigenvalue weighted by molar-refractivity contribution is 5.06. The summed E-state index contributed by atoms with van der Waals surface area (Å²) in [5, 5.41) is 3.61. The number of hydrogen-bond donors (Lipinski definition) is 1. The van der Waals surface area contributed by atoms with Gasteiger partial charge in [-0.15, -0.1) is 0 Å². The molecule has 2 unspecified atom stereocenters. The molecule has 16 heavy (non-hydrogen) atoms. The van der Waals surface area contributed by atoms with Crippen molar-refractivity contribution in [3.05, 3.63) is 30.1 Å². The van der Waals surface area contributed by atoms with Gasteiger partial charge in [0, 0.05) is 24.4 Å². The van der Waals surface area contributed by atoms with Crippen LogP contribution in [-0.2, 0) is 6.42 Å². The number of pyridine rings is 1. The molecule has 1 aliphatic rings. The summed E-state index contributed by atoms with van der Waals surface area (Å²) in [7, 11) is 0. The fraction of sp³-hybridized carbons (Fsp3) is 0.643. The van der Waals surface area contributed by atoms with Crippen LogP contribution in [0.4, 0.5) is 0 Å². The Bertz CT molecular complexity index is 306. The Balaban J connectivity index is 1.96. The summed E-state index contributed by atoms with van der Waals surface area (Å²) in [4.78, 5) is 4.42. The molecule has 1 aromatic rings. The molecule has 1 N–H and O–H groups in total. The molecule has 0 spiro atoms. The second-order valence-electron chi connectivity index (χ2n) is 4.89. The predicted octanol–water partition coefficient (Wildman–Crippen LogP) is 2.65. The number of rotatable bonds is 6. The lowest BCUT2D eigenvalue weighted by Crippen LogP contribution is -2.37. The van der Waals surface area contributed by atoms with E-state index in [1.165, 1.54) is 18.5 Å². The first-order valence-corrected chi connectivity index (χ1v) is 6.44. The molecule has 2 nitrogen and oxygen atoms in total. The first-order valence-electron chi connectivity index (χ1n) is 6.44. The summed E-state index contributed by atoms with van der Waals surface area (Å²) in [6.45, 7) is 5.62. The molecule has 1 aliphatic carbocycles. The van der Waals surface area contributed by atoms with E-state index in [-0.39, 0.29) is 0 Å². The Labute approximate surface area is 98.5 Å². The highest BCUT2D eigenvalue weighted by Gasteiger charge is 2.32. The molecule has 1 fully saturated rings. The molecule has 0 radical (unpaired) electrons. The smallest absolute Gasteiger partial charge is 0.0419 e. The van der Waals surface area contributed by atoms with Gasteiger partial charge in [0.1, 0.15) is 0 Å². The van der Waals surface area contributed by atoms with Crippen LogP contribution in [0.15, 0.2) is 24.4 Å². The largest absolute Gasteiger partial charge is 0.314 e. The van der Waals surface area contributed by atoms with Gasteiger partial charge in [0.2, 0.25) is 0 Å². The Kier molecular flexibility index (Phi) is 3.94. The molecule has 0 aliphatic heterocycles. The average molecular weight is 218 g/mol. The van der Waals surface area contributed by atoms with E-state index in [2.05, 4.69) is 36.3 Å².